The van der Waals surface area contributed by atoms with Crippen molar-refractivity contribution in [2.24, 2.45) is 0 Å². The van der Waals surface area contributed by atoms with E-state index in [4.69, 9.17) is 14.0 Å². The number of ether oxygens (including phenoxy) is 2. The predicted molar refractivity (Wildman–Crippen MR) is 183 cm³/mol. The molecule has 2 N–H and O–H groups in total. The van der Waals surface area contributed by atoms with Crippen LogP contribution in [0.5, 0.6) is 17.2 Å². The molecule has 0 radical (unpaired) electrons. The number of unbranched alkanes of at least 4 members (excludes halogenated alkanes) is 14. The van der Waals surface area contributed by atoms with E-state index in [2.05, 4.69) is 29.2 Å². The van der Waals surface area contributed by atoms with Crippen molar-refractivity contribution in [3.8, 4) is 51.2 Å². The molecule has 0 spiro atoms. The van der Waals surface area contributed by atoms with Crippen LogP contribution < -0.4 is 9.47 Å². The molecule has 7 nitrogen and oxygen atoms in total. The summed E-state index contributed by atoms with van der Waals surface area (Å²) in [5.41, 5.74) is 3.53. The average molecular weight is 616 g/mol. The lowest BCUT2D eigenvalue weighted by Crippen LogP contribution is -1.97. The lowest BCUT2D eigenvalue weighted by atomic mass is 10.1. The Bertz CT molecular complexity index is 1360. The molecule has 0 aliphatic rings. The van der Waals surface area contributed by atoms with Gasteiger partial charge in [0.15, 0.2) is 5.76 Å². The van der Waals surface area contributed by atoms with E-state index in [9.17, 15) is 5.11 Å². The van der Waals surface area contributed by atoms with Gasteiger partial charge in [-0.15, -0.1) is 0 Å². The molecule has 0 unspecified atom stereocenters. The number of aromatic amines is 1. The molecule has 0 atom stereocenters. The highest BCUT2D eigenvalue weighted by molar-refractivity contribution is 5.73. The number of phenols is 1. The minimum Gasteiger partial charge on any atom is -0.507 e. The molecule has 0 aliphatic heterocycles. The Morgan fingerprint density at radius 2 is 1.18 bits per heavy atom. The molecule has 0 saturated heterocycles. The first-order valence-electron chi connectivity index (χ1n) is 17.4. The first-order valence-corrected chi connectivity index (χ1v) is 17.4. The molecular formula is C38H53N3O4. The van der Waals surface area contributed by atoms with Crippen LogP contribution in [0.15, 0.2) is 59.1 Å². The van der Waals surface area contributed by atoms with Crippen LogP contribution >= 0.6 is 0 Å². The van der Waals surface area contributed by atoms with Gasteiger partial charge < -0.3 is 19.1 Å². The summed E-state index contributed by atoms with van der Waals surface area (Å²) in [4.78, 5) is 0. The topological polar surface area (TPSA) is 93.4 Å². The van der Waals surface area contributed by atoms with Gasteiger partial charge in [0.05, 0.1) is 24.6 Å². The number of hydrogen-bond donors (Lipinski definition) is 2. The van der Waals surface area contributed by atoms with Crippen LogP contribution in [0.1, 0.15) is 117 Å². The van der Waals surface area contributed by atoms with Gasteiger partial charge in [0.25, 0.3) is 0 Å². The molecule has 0 amide bonds. The largest absolute Gasteiger partial charge is 0.507 e. The Balaban J connectivity index is 1.20. The second-order valence-corrected chi connectivity index (χ2v) is 12.1. The van der Waals surface area contributed by atoms with E-state index in [-0.39, 0.29) is 5.75 Å². The number of hydrogen-bond acceptors (Lipinski definition) is 6. The van der Waals surface area contributed by atoms with Crippen molar-refractivity contribution in [2.75, 3.05) is 13.2 Å². The molecule has 0 saturated carbocycles. The number of H-pyrrole nitrogens is 1. The highest BCUT2D eigenvalue weighted by atomic mass is 16.5. The van der Waals surface area contributed by atoms with Gasteiger partial charge in [-0.1, -0.05) is 109 Å². The molecule has 7 heteroatoms. The summed E-state index contributed by atoms with van der Waals surface area (Å²) >= 11 is 0. The van der Waals surface area contributed by atoms with Crippen LogP contribution in [-0.4, -0.2) is 33.7 Å². The van der Waals surface area contributed by atoms with Crippen LogP contribution in [0, 0.1) is 0 Å². The van der Waals surface area contributed by atoms with Gasteiger partial charge in [-0.25, -0.2) is 0 Å². The zero-order valence-corrected chi connectivity index (χ0v) is 27.5. The van der Waals surface area contributed by atoms with E-state index in [1.165, 1.54) is 89.9 Å². The van der Waals surface area contributed by atoms with E-state index in [1.54, 1.807) is 6.07 Å². The predicted octanol–water partition coefficient (Wildman–Crippen LogP) is 11.1. The number of benzene rings is 2. The standard InChI is InChI=1S/C38H53N3O4/c1-3-5-7-9-11-13-15-17-25-43-31-21-19-30(20-22-31)38-29-36(41-45-38)35-28-34(39-40-35)33-24-23-32(27-37(33)42)44-26-18-16-14-12-10-8-6-4-2/h19-24,27-29,42H,3-18,25-26H2,1-2H3,(H,39,40). The number of nitrogens with zero attached hydrogens (tertiary/aromatic N) is 2. The normalized spacial score (nSPS) is 11.2. The zero-order valence-electron chi connectivity index (χ0n) is 27.5. The molecule has 0 fully saturated rings. The van der Waals surface area contributed by atoms with Crippen LogP contribution in [0.4, 0.5) is 0 Å². The molecule has 4 rings (SSSR count). The summed E-state index contributed by atoms with van der Waals surface area (Å²) in [5, 5.41) is 22.4. The van der Waals surface area contributed by atoms with E-state index in [1.807, 2.05) is 48.5 Å². The maximum Gasteiger partial charge on any atom is 0.167 e. The van der Waals surface area contributed by atoms with Gasteiger partial charge in [0.1, 0.15) is 22.9 Å². The minimum atomic E-state index is 0.132. The third-order valence-electron chi connectivity index (χ3n) is 8.28. The van der Waals surface area contributed by atoms with E-state index >= 15 is 0 Å². The van der Waals surface area contributed by atoms with Gasteiger partial charge >= 0.3 is 0 Å². The summed E-state index contributed by atoms with van der Waals surface area (Å²) in [5.74, 6) is 2.33. The van der Waals surface area contributed by atoms with Crippen molar-refractivity contribution < 1.29 is 19.1 Å². The molecule has 2 aromatic heterocycles. The first-order chi connectivity index (χ1) is 22.2. The fourth-order valence-electron chi connectivity index (χ4n) is 5.51. The highest BCUT2D eigenvalue weighted by Gasteiger charge is 2.15. The van der Waals surface area contributed by atoms with Crippen molar-refractivity contribution >= 4 is 0 Å². The van der Waals surface area contributed by atoms with Gasteiger partial charge in [0.2, 0.25) is 0 Å². The lowest BCUT2D eigenvalue weighted by molar-refractivity contribution is 0.302. The third-order valence-corrected chi connectivity index (χ3v) is 8.28. The van der Waals surface area contributed by atoms with Crippen molar-refractivity contribution in [1.29, 1.82) is 0 Å². The quantitative estimate of drug-likeness (QED) is 0.0806. The minimum absolute atomic E-state index is 0.132. The molecular weight excluding hydrogens is 562 g/mol. The number of aromatic hydroxyl groups is 1. The molecule has 0 bridgehead atoms. The van der Waals surface area contributed by atoms with Crippen molar-refractivity contribution in [2.45, 2.75) is 117 Å². The smallest absolute Gasteiger partial charge is 0.167 e. The zero-order chi connectivity index (χ0) is 31.5. The van der Waals surface area contributed by atoms with Gasteiger partial charge in [-0.05, 0) is 55.3 Å². The second kappa shape index (κ2) is 19.6. The first kappa shape index (κ1) is 34.1. The van der Waals surface area contributed by atoms with Crippen LogP contribution in [0.3, 0.4) is 0 Å². The van der Waals surface area contributed by atoms with Crippen LogP contribution in [0.25, 0.3) is 34.0 Å². The van der Waals surface area contributed by atoms with Gasteiger partial charge in [-0.3, -0.25) is 5.10 Å². The maximum atomic E-state index is 10.7. The molecule has 45 heavy (non-hydrogen) atoms. The highest BCUT2D eigenvalue weighted by Crippen LogP contribution is 2.34. The van der Waals surface area contributed by atoms with Gasteiger partial charge in [0, 0.05) is 23.3 Å². The van der Waals surface area contributed by atoms with E-state index in [0.717, 1.165) is 30.8 Å². The third kappa shape index (κ3) is 11.6. The Kier molecular flexibility index (Phi) is 14.9. The number of rotatable bonds is 23. The molecule has 244 valence electrons. The van der Waals surface area contributed by atoms with E-state index < -0.39 is 0 Å². The lowest BCUT2D eigenvalue weighted by Gasteiger charge is -2.08. The Morgan fingerprint density at radius 3 is 1.78 bits per heavy atom. The van der Waals surface area contributed by atoms with Crippen LogP contribution in [-0.2, 0) is 0 Å². The molecule has 0 aliphatic carbocycles. The maximum absolute atomic E-state index is 10.7. The average Bonchev–Trinajstić information content (AvgIpc) is 3.74. The van der Waals surface area contributed by atoms with Crippen molar-refractivity contribution in [3.63, 3.8) is 0 Å². The number of aromatic nitrogens is 3. The summed E-state index contributed by atoms with van der Waals surface area (Å²) in [6.45, 7) is 5.90. The summed E-state index contributed by atoms with van der Waals surface area (Å²) in [6, 6.07) is 17.0. The van der Waals surface area contributed by atoms with E-state index in [0.29, 0.717) is 40.8 Å². The Morgan fingerprint density at radius 1 is 0.622 bits per heavy atom. The molecule has 4 aromatic rings. The Hall–Kier alpha value is -3.74. The van der Waals surface area contributed by atoms with Crippen molar-refractivity contribution in [1.82, 2.24) is 15.4 Å². The fraction of sp³-hybridized carbons (Fsp3) is 0.526. The number of phenolic OH excluding ortho intramolecular Hbond substituents is 1. The van der Waals surface area contributed by atoms with Crippen molar-refractivity contribution in [3.05, 3.63) is 54.6 Å². The van der Waals surface area contributed by atoms with Gasteiger partial charge in [-0.2, -0.15) is 5.10 Å². The molecule has 2 heterocycles. The Labute approximate surface area is 269 Å². The number of nitrogens with one attached hydrogen (secondary N) is 1. The summed E-state index contributed by atoms with van der Waals surface area (Å²) in [6.07, 6.45) is 20.4. The SMILES string of the molecule is CCCCCCCCCCOc1ccc(-c2cc(-c3cc(-c4ccc(OCCCCCCCCCC)cc4O)n[nH]3)no2)cc1. The fourth-order valence-corrected chi connectivity index (χ4v) is 5.51. The monoisotopic (exact) mass is 615 g/mol. The second-order valence-electron chi connectivity index (χ2n) is 12.1. The van der Waals surface area contributed by atoms with Crippen LogP contribution in [0.2, 0.25) is 0 Å². The summed E-state index contributed by atoms with van der Waals surface area (Å²) < 4.78 is 17.5. The summed E-state index contributed by atoms with van der Waals surface area (Å²) in [7, 11) is 0. The molecule has 2 aromatic carbocycles.